The lowest BCUT2D eigenvalue weighted by molar-refractivity contribution is 0.0627. The minimum atomic E-state index is -0.0588. The molecule has 0 saturated heterocycles. The number of benzene rings is 2. The summed E-state index contributed by atoms with van der Waals surface area (Å²) >= 11 is 0. The highest BCUT2D eigenvalue weighted by atomic mass is 16.5. The molecule has 0 bridgehead atoms. The fraction of sp³-hybridized carbons (Fsp3) is 0.235. The summed E-state index contributed by atoms with van der Waals surface area (Å²) in [5.74, 6) is 0.0894. The molecule has 3 N–H and O–H groups in total. The van der Waals surface area contributed by atoms with Crippen molar-refractivity contribution in [3.63, 3.8) is 0 Å². The van der Waals surface area contributed by atoms with Crippen molar-refractivity contribution in [2.45, 2.75) is 12.6 Å². The Hall–Kier alpha value is -2.33. The molecule has 0 radical (unpaired) electrons. The van der Waals surface area contributed by atoms with Crippen molar-refractivity contribution in [2.24, 2.45) is 5.73 Å². The molecule has 1 atom stereocenters. The van der Waals surface area contributed by atoms with Crippen molar-refractivity contribution >= 4 is 5.96 Å². The third-order valence-corrected chi connectivity index (χ3v) is 3.79. The maximum absolute atomic E-state index is 7.66. The molecule has 0 fully saturated rings. The molecule has 0 saturated carbocycles. The zero-order valence-electron chi connectivity index (χ0n) is 11.8. The molecule has 4 nitrogen and oxygen atoms in total. The van der Waals surface area contributed by atoms with Crippen LogP contribution in [-0.4, -0.2) is 24.0 Å². The van der Waals surface area contributed by atoms with Gasteiger partial charge in [0.15, 0.2) is 5.96 Å². The molecule has 2 aromatic rings. The topological polar surface area (TPSA) is 62.3 Å². The molecule has 0 aromatic heterocycles. The first-order valence-corrected chi connectivity index (χ1v) is 7.09. The predicted octanol–water partition coefficient (Wildman–Crippen LogP) is 2.50. The lowest BCUT2D eigenvalue weighted by Gasteiger charge is -2.30. The minimum absolute atomic E-state index is 0.0588. The van der Waals surface area contributed by atoms with Crippen LogP contribution in [0.5, 0.6) is 0 Å². The van der Waals surface area contributed by atoms with Crippen LogP contribution in [-0.2, 0) is 11.3 Å². The summed E-state index contributed by atoms with van der Waals surface area (Å²) in [7, 11) is 0. The van der Waals surface area contributed by atoms with E-state index >= 15 is 0 Å². The summed E-state index contributed by atoms with van der Waals surface area (Å²) in [6.45, 7) is 1.83. The molecule has 4 heteroatoms. The van der Waals surface area contributed by atoms with Gasteiger partial charge in [-0.1, -0.05) is 54.6 Å². The van der Waals surface area contributed by atoms with Gasteiger partial charge in [-0.05, 0) is 16.7 Å². The van der Waals surface area contributed by atoms with Gasteiger partial charge in [0.25, 0.3) is 0 Å². The van der Waals surface area contributed by atoms with E-state index in [4.69, 9.17) is 15.9 Å². The largest absolute Gasteiger partial charge is 0.370 e. The zero-order valence-corrected chi connectivity index (χ0v) is 11.8. The molecule has 0 aliphatic carbocycles. The molecular weight excluding hydrogens is 262 g/mol. The highest BCUT2D eigenvalue weighted by molar-refractivity contribution is 5.74. The van der Waals surface area contributed by atoms with E-state index in [1.165, 1.54) is 0 Å². The van der Waals surface area contributed by atoms with Gasteiger partial charge in [-0.25, -0.2) is 0 Å². The van der Waals surface area contributed by atoms with Gasteiger partial charge >= 0.3 is 0 Å². The van der Waals surface area contributed by atoms with Crippen LogP contribution in [0.25, 0.3) is 0 Å². The van der Waals surface area contributed by atoms with Crippen molar-refractivity contribution in [1.29, 1.82) is 5.41 Å². The number of ether oxygens (including phenoxy) is 1. The van der Waals surface area contributed by atoms with Gasteiger partial charge in [0.05, 0.1) is 6.61 Å². The standard InChI is InChI=1S/C17H19N3O/c18-17(19)20-10-11-21-16(13-6-2-1-3-7-13)15-9-5-4-8-14(15)12-20/h1-9,16H,10-12H2,(H3,18,19). The molecule has 1 heterocycles. The molecule has 108 valence electrons. The third kappa shape index (κ3) is 2.90. The SMILES string of the molecule is N=C(N)N1CCOC(c2ccccc2)c2ccccc2C1. The van der Waals surface area contributed by atoms with Crippen molar-refractivity contribution in [1.82, 2.24) is 4.90 Å². The van der Waals surface area contributed by atoms with Crippen LogP contribution in [0.1, 0.15) is 22.8 Å². The Morgan fingerprint density at radius 2 is 1.81 bits per heavy atom. The lowest BCUT2D eigenvalue weighted by Crippen LogP contribution is -2.39. The van der Waals surface area contributed by atoms with Crippen molar-refractivity contribution in [3.05, 3.63) is 71.3 Å². The Morgan fingerprint density at radius 1 is 1.10 bits per heavy atom. The number of nitrogens with one attached hydrogen (secondary N) is 1. The Morgan fingerprint density at radius 3 is 2.57 bits per heavy atom. The molecule has 2 aromatic carbocycles. The summed E-state index contributed by atoms with van der Waals surface area (Å²) in [5, 5.41) is 7.66. The van der Waals surface area contributed by atoms with Crippen LogP contribution in [0.3, 0.4) is 0 Å². The molecule has 1 aliphatic heterocycles. The van der Waals surface area contributed by atoms with Gasteiger partial charge in [-0.2, -0.15) is 0 Å². The molecule has 3 rings (SSSR count). The maximum atomic E-state index is 7.66. The lowest BCUT2D eigenvalue weighted by atomic mass is 9.96. The Kier molecular flexibility index (Phi) is 3.88. The first-order valence-electron chi connectivity index (χ1n) is 7.09. The van der Waals surface area contributed by atoms with E-state index in [0.717, 1.165) is 16.7 Å². The van der Waals surface area contributed by atoms with Crippen LogP contribution in [0.15, 0.2) is 54.6 Å². The number of nitrogens with two attached hydrogens (primary N) is 1. The van der Waals surface area contributed by atoms with Gasteiger partial charge in [0.1, 0.15) is 6.10 Å². The zero-order chi connectivity index (χ0) is 14.7. The molecular formula is C17H19N3O. The fourth-order valence-electron chi connectivity index (χ4n) is 2.70. The van der Waals surface area contributed by atoms with Crippen molar-refractivity contribution in [2.75, 3.05) is 13.2 Å². The molecule has 0 amide bonds. The number of guanidine groups is 1. The number of nitrogens with zero attached hydrogens (tertiary/aromatic N) is 1. The Balaban J connectivity index is 2.01. The molecule has 21 heavy (non-hydrogen) atoms. The normalized spacial score (nSPS) is 18.5. The van der Waals surface area contributed by atoms with Gasteiger partial charge in [-0.3, -0.25) is 5.41 Å². The quantitative estimate of drug-likeness (QED) is 0.623. The number of rotatable bonds is 1. The minimum Gasteiger partial charge on any atom is -0.370 e. The van der Waals surface area contributed by atoms with Crippen LogP contribution < -0.4 is 5.73 Å². The fourth-order valence-corrected chi connectivity index (χ4v) is 2.70. The average molecular weight is 281 g/mol. The second-order valence-corrected chi connectivity index (χ2v) is 5.17. The van der Waals surface area contributed by atoms with Crippen LogP contribution in [0.2, 0.25) is 0 Å². The van der Waals surface area contributed by atoms with E-state index in [9.17, 15) is 0 Å². The van der Waals surface area contributed by atoms with E-state index < -0.39 is 0 Å². The van der Waals surface area contributed by atoms with Crippen LogP contribution >= 0.6 is 0 Å². The number of hydrogen-bond donors (Lipinski definition) is 2. The maximum Gasteiger partial charge on any atom is 0.188 e. The highest BCUT2D eigenvalue weighted by Gasteiger charge is 2.22. The van der Waals surface area contributed by atoms with Gasteiger partial charge in [0.2, 0.25) is 0 Å². The highest BCUT2D eigenvalue weighted by Crippen LogP contribution is 2.30. The van der Waals surface area contributed by atoms with Crippen LogP contribution in [0, 0.1) is 5.41 Å². The third-order valence-electron chi connectivity index (χ3n) is 3.79. The van der Waals surface area contributed by atoms with E-state index in [2.05, 4.69) is 24.3 Å². The van der Waals surface area contributed by atoms with Crippen molar-refractivity contribution < 1.29 is 4.74 Å². The molecule has 1 unspecified atom stereocenters. The summed E-state index contributed by atoms with van der Waals surface area (Å²) in [6.07, 6.45) is -0.0588. The smallest absolute Gasteiger partial charge is 0.188 e. The second-order valence-electron chi connectivity index (χ2n) is 5.17. The second kappa shape index (κ2) is 5.97. The summed E-state index contributed by atoms with van der Waals surface area (Å²) < 4.78 is 6.08. The van der Waals surface area contributed by atoms with Gasteiger partial charge in [-0.15, -0.1) is 0 Å². The predicted molar refractivity (Wildman–Crippen MR) is 83.0 cm³/mol. The monoisotopic (exact) mass is 281 g/mol. The summed E-state index contributed by atoms with van der Waals surface area (Å²) in [5.41, 5.74) is 9.10. The number of fused-ring (bicyclic) bond motifs is 1. The van der Waals surface area contributed by atoms with E-state index in [-0.39, 0.29) is 12.1 Å². The summed E-state index contributed by atoms with van der Waals surface area (Å²) in [6, 6.07) is 18.5. The summed E-state index contributed by atoms with van der Waals surface area (Å²) in [4.78, 5) is 1.83. The van der Waals surface area contributed by atoms with Gasteiger partial charge < -0.3 is 15.4 Å². The molecule has 0 spiro atoms. The molecule has 1 aliphatic rings. The van der Waals surface area contributed by atoms with E-state index in [1.54, 1.807) is 0 Å². The van der Waals surface area contributed by atoms with E-state index in [1.807, 2.05) is 35.2 Å². The van der Waals surface area contributed by atoms with Gasteiger partial charge in [0, 0.05) is 13.1 Å². The van der Waals surface area contributed by atoms with Crippen molar-refractivity contribution in [3.8, 4) is 0 Å². The Bertz CT molecular complexity index is 627. The van der Waals surface area contributed by atoms with Crippen LogP contribution in [0.4, 0.5) is 0 Å². The number of hydrogen-bond acceptors (Lipinski definition) is 2. The van der Waals surface area contributed by atoms with E-state index in [0.29, 0.717) is 19.7 Å². The first-order chi connectivity index (χ1) is 10.3. The average Bonchev–Trinajstić information content (AvgIpc) is 2.49. The first kappa shape index (κ1) is 13.6. The Labute approximate surface area is 124 Å².